The molecule has 4 rings (SSSR count). The lowest BCUT2D eigenvalue weighted by atomic mass is 9.71. The van der Waals surface area contributed by atoms with Crippen LogP contribution >= 0.6 is 0 Å². The Hall–Kier alpha value is -2.49. The maximum Gasteiger partial charge on any atom is 0.418 e. The van der Waals surface area contributed by atoms with Crippen LogP contribution in [0.5, 0.6) is 0 Å². The zero-order valence-corrected chi connectivity index (χ0v) is 19.0. The van der Waals surface area contributed by atoms with Gasteiger partial charge in [0.25, 0.3) is 0 Å². The number of piperidine rings is 1. The number of carbonyl (C=O) groups excluding carboxylic acids is 1. The Morgan fingerprint density at radius 3 is 2.71 bits per heavy atom. The summed E-state index contributed by atoms with van der Waals surface area (Å²) in [5.74, 6) is -0.631. The molecule has 0 radical (unpaired) electrons. The molecule has 1 aromatic heterocycles. The number of hydrogen-bond donors (Lipinski definition) is 2. The lowest BCUT2D eigenvalue weighted by molar-refractivity contribution is -0.136. The molecule has 3 heterocycles. The number of amides is 1. The van der Waals surface area contributed by atoms with Gasteiger partial charge in [-0.25, -0.2) is 0 Å². The second-order valence-electron chi connectivity index (χ2n) is 9.48. The Balaban J connectivity index is 1.47. The van der Waals surface area contributed by atoms with Gasteiger partial charge in [0.1, 0.15) is 0 Å². The Kier molecular flexibility index (Phi) is 6.98. The van der Waals surface area contributed by atoms with Crippen molar-refractivity contribution in [1.29, 1.82) is 0 Å². The highest BCUT2D eigenvalue weighted by Gasteiger charge is 2.42. The highest BCUT2D eigenvalue weighted by atomic mass is 19.4. The maximum atomic E-state index is 13.6. The van der Waals surface area contributed by atoms with Crippen molar-refractivity contribution in [3.63, 3.8) is 0 Å². The molecule has 2 aliphatic rings. The van der Waals surface area contributed by atoms with E-state index in [1.807, 2.05) is 4.90 Å². The van der Waals surface area contributed by atoms with Gasteiger partial charge >= 0.3 is 6.18 Å². The molecule has 0 saturated carbocycles. The van der Waals surface area contributed by atoms with E-state index >= 15 is 0 Å². The fourth-order valence-corrected chi connectivity index (χ4v) is 5.24. The van der Waals surface area contributed by atoms with Crippen LogP contribution in [0.4, 0.5) is 27.6 Å². The summed E-state index contributed by atoms with van der Waals surface area (Å²) in [5.41, 5.74) is -0.681. The third kappa shape index (κ3) is 4.69. The van der Waals surface area contributed by atoms with Gasteiger partial charge in [0.15, 0.2) is 0 Å². The molecular weight excluding hydrogens is 455 g/mol. The molecular formula is C24H29F5N4O. The highest BCUT2D eigenvalue weighted by molar-refractivity contribution is 5.96. The molecule has 2 aliphatic heterocycles. The number of nitrogens with zero attached hydrogens (tertiary/aromatic N) is 2. The topological polar surface area (TPSA) is 57.3 Å². The van der Waals surface area contributed by atoms with Crippen LogP contribution in [-0.4, -0.2) is 56.5 Å². The van der Waals surface area contributed by atoms with Gasteiger partial charge in [-0.05, 0) is 56.0 Å². The van der Waals surface area contributed by atoms with Crippen LogP contribution in [0.15, 0.2) is 24.4 Å². The zero-order chi connectivity index (χ0) is 24.5. The number of halogens is 5. The Bertz CT molecular complexity index is 1040. The van der Waals surface area contributed by atoms with E-state index in [9.17, 15) is 26.7 Å². The van der Waals surface area contributed by atoms with Gasteiger partial charge in [0.05, 0.1) is 24.4 Å². The second kappa shape index (κ2) is 9.64. The Morgan fingerprint density at radius 2 is 2.00 bits per heavy atom. The lowest BCUT2D eigenvalue weighted by Crippen LogP contribution is -2.51. The summed E-state index contributed by atoms with van der Waals surface area (Å²) in [4.78, 5) is 18.7. The number of hydrogen-bond acceptors (Lipinski definition) is 4. The SMILES string of the molecule is Cc1ccnc2c(C(F)(F)F)ccc(N3CCC(NC(=O)C[C@@H]4CCNCC4(CF)CF)C3)c12. The summed E-state index contributed by atoms with van der Waals surface area (Å²) < 4.78 is 67.8. The van der Waals surface area contributed by atoms with Crippen molar-refractivity contribution in [2.75, 3.05) is 44.4 Å². The zero-order valence-electron chi connectivity index (χ0n) is 19.0. The fourth-order valence-electron chi connectivity index (χ4n) is 5.24. The van der Waals surface area contributed by atoms with Crippen LogP contribution in [-0.2, 0) is 11.0 Å². The van der Waals surface area contributed by atoms with Gasteiger partial charge in [-0.1, -0.05) is 0 Å². The van der Waals surface area contributed by atoms with Crippen molar-refractivity contribution in [3.05, 3.63) is 35.5 Å². The van der Waals surface area contributed by atoms with Crippen LogP contribution in [0.2, 0.25) is 0 Å². The number of carbonyl (C=O) groups is 1. The van der Waals surface area contributed by atoms with Crippen molar-refractivity contribution in [2.24, 2.45) is 11.3 Å². The van der Waals surface area contributed by atoms with Crippen molar-refractivity contribution in [2.45, 2.75) is 38.4 Å². The normalized spacial score (nSPS) is 22.8. The van der Waals surface area contributed by atoms with Gasteiger partial charge in [-0.2, -0.15) is 13.2 Å². The van der Waals surface area contributed by atoms with Gasteiger partial charge in [0.2, 0.25) is 5.91 Å². The van der Waals surface area contributed by atoms with E-state index in [4.69, 9.17) is 0 Å². The molecule has 0 bridgehead atoms. The largest absolute Gasteiger partial charge is 0.418 e. The third-order valence-corrected chi connectivity index (χ3v) is 7.25. The second-order valence-corrected chi connectivity index (χ2v) is 9.48. The van der Waals surface area contributed by atoms with Crippen LogP contribution in [0.1, 0.15) is 30.4 Å². The molecule has 2 aromatic rings. The number of rotatable bonds is 6. The Labute approximate surface area is 195 Å². The summed E-state index contributed by atoms with van der Waals surface area (Å²) in [7, 11) is 0. The molecule has 1 aromatic carbocycles. The van der Waals surface area contributed by atoms with Crippen LogP contribution in [0.25, 0.3) is 10.9 Å². The van der Waals surface area contributed by atoms with Crippen molar-refractivity contribution in [3.8, 4) is 0 Å². The standard InChI is InChI=1S/C24H29F5N4O/c1-15-4-8-31-22-18(24(27,28)29)2-3-19(21(15)22)33-9-6-17(11-33)32-20(34)10-16-5-7-30-14-23(16,12-25)13-26/h2-4,8,16-17,30H,5-7,9-14H2,1H3,(H,32,34)/t16-,17?/m0/s1. The monoisotopic (exact) mass is 484 g/mol. The smallest absolute Gasteiger partial charge is 0.369 e. The molecule has 0 aliphatic carbocycles. The number of alkyl halides is 5. The summed E-state index contributed by atoms with van der Waals surface area (Å²) in [6.45, 7) is 1.94. The molecule has 1 unspecified atom stereocenters. The first-order chi connectivity index (χ1) is 16.2. The number of fused-ring (bicyclic) bond motifs is 1. The summed E-state index contributed by atoms with van der Waals surface area (Å²) >= 11 is 0. The van der Waals surface area contributed by atoms with Gasteiger partial charge in [-0.15, -0.1) is 0 Å². The van der Waals surface area contributed by atoms with E-state index in [1.54, 1.807) is 13.0 Å². The molecule has 34 heavy (non-hydrogen) atoms. The van der Waals surface area contributed by atoms with Gasteiger partial charge < -0.3 is 15.5 Å². The van der Waals surface area contributed by atoms with E-state index in [-0.39, 0.29) is 36.3 Å². The molecule has 2 N–H and O–H groups in total. The Morgan fingerprint density at radius 1 is 1.24 bits per heavy atom. The number of aromatic nitrogens is 1. The summed E-state index contributed by atoms with van der Waals surface area (Å²) in [6.07, 6.45) is -1.93. The number of nitrogens with one attached hydrogen (secondary N) is 2. The third-order valence-electron chi connectivity index (χ3n) is 7.25. The molecule has 2 fully saturated rings. The minimum Gasteiger partial charge on any atom is -0.369 e. The average Bonchev–Trinajstić information content (AvgIpc) is 3.26. The van der Waals surface area contributed by atoms with E-state index in [0.717, 1.165) is 6.07 Å². The highest BCUT2D eigenvalue weighted by Crippen LogP contribution is 2.40. The van der Waals surface area contributed by atoms with Gasteiger partial charge in [-0.3, -0.25) is 18.6 Å². The number of benzene rings is 1. The molecule has 1 amide bonds. The molecule has 10 heteroatoms. The van der Waals surface area contributed by atoms with Crippen LogP contribution in [0, 0.1) is 18.3 Å². The molecule has 5 nitrogen and oxygen atoms in total. The van der Waals surface area contributed by atoms with Gasteiger partial charge in [0, 0.05) is 54.8 Å². The fraction of sp³-hybridized carbons (Fsp3) is 0.583. The summed E-state index contributed by atoms with van der Waals surface area (Å²) in [5, 5.41) is 6.44. The van der Waals surface area contributed by atoms with Crippen LogP contribution in [0.3, 0.4) is 0 Å². The maximum absolute atomic E-state index is 13.6. The van der Waals surface area contributed by atoms with Crippen molar-refractivity contribution >= 4 is 22.5 Å². The predicted molar refractivity (Wildman–Crippen MR) is 120 cm³/mol. The average molecular weight is 485 g/mol. The van der Waals surface area contributed by atoms with Crippen molar-refractivity contribution < 1.29 is 26.7 Å². The minimum absolute atomic E-state index is 0.0538. The van der Waals surface area contributed by atoms with Crippen molar-refractivity contribution in [1.82, 2.24) is 15.6 Å². The summed E-state index contributed by atoms with van der Waals surface area (Å²) in [6, 6.07) is 4.01. The first-order valence-corrected chi connectivity index (χ1v) is 11.5. The molecule has 2 saturated heterocycles. The number of anilines is 1. The first kappa shape index (κ1) is 24.6. The number of aryl methyl sites for hydroxylation is 1. The molecule has 0 spiro atoms. The quantitative estimate of drug-likeness (QED) is 0.604. The predicted octanol–water partition coefficient (Wildman–Crippen LogP) is 4.18. The van der Waals surface area contributed by atoms with E-state index in [0.29, 0.717) is 49.1 Å². The number of pyridine rings is 1. The van der Waals surface area contributed by atoms with E-state index < -0.39 is 30.5 Å². The minimum atomic E-state index is -4.51. The molecule has 2 atom stereocenters. The lowest BCUT2D eigenvalue weighted by Gasteiger charge is -2.40. The first-order valence-electron chi connectivity index (χ1n) is 11.5. The molecule has 186 valence electrons. The van der Waals surface area contributed by atoms with E-state index in [1.165, 1.54) is 12.3 Å². The van der Waals surface area contributed by atoms with E-state index in [2.05, 4.69) is 15.6 Å². The van der Waals surface area contributed by atoms with Crippen LogP contribution < -0.4 is 15.5 Å².